The SMILES string of the molecule is COC(=O)c1ccc2c(c1)C(=O)N(c1ccc(C)c(C)c1)C2=O. The minimum Gasteiger partial charge on any atom is -0.465 e. The molecule has 0 saturated carbocycles. The van der Waals surface area contributed by atoms with E-state index in [0.29, 0.717) is 11.3 Å². The van der Waals surface area contributed by atoms with Crippen LogP contribution in [0.15, 0.2) is 36.4 Å². The third-order valence-electron chi connectivity index (χ3n) is 4.06. The molecule has 5 nitrogen and oxygen atoms in total. The average Bonchev–Trinajstić information content (AvgIpc) is 2.80. The van der Waals surface area contributed by atoms with Crippen LogP contribution in [0.3, 0.4) is 0 Å². The van der Waals surface area contributed by atoms with Gasteiger partial charge in [-0.1, -0.05) is 6.07 Å². The molecule has 2 amide bonds. The van der Waals surface area contributed by atoms with Crippen molar-refractivity contribution in [1.82, 2.24) is 0 Å². The molecule has 0 spiro atoms. The van der Waals surface area contributed by atoms with Gasteiger partial charge < -0.3 is 4.74 Å². The fourth-order valence-electron chi connectivity index (χ4n) is 2.58. The van der Waals surface area contributed by atoms with Crippen molar-refractivity contribution in [3.63, 3.8) is 0 Å². The quantitative estimate of drug-likeness (QED) is 0.632. The van der Waals surface area contributed by atoms with E-state index >= 15 is 0 Å². The Balaban J connectivity index is 2.06. The summed E-state index contributed by atoms with van der Waals surface area (Å²) < 4.78 is 4.65. The molecule has 5 heteroatoms. The van der Waals surface area contributed by atoms with Crippen molar-refractivity contribution in [3.8, 4) is 0 Å². The lowest BCUT2D eigenvalue weighted by molar-refractivity contribution is 0.0600. The molecule has 0 N–H and O–H groups in total. The van der Waals surface area contributed by atoms with Crippen LogP contribution in [0.4, 0.5) is 5.69 Å². The molecule has 0 atom stereocenters. The number of imide groups is 1. The van der Waals surface area contributed by atoms with Gasteiger partial charge >= 0.3 is 5.97 Å². The van der Waals surface area contributed by atoms with E-state index in [9.17, 15) is 14.4 Å². The Labute approximate surface area is 133 Å². The monoisotopic (exact) mass is 309 g/mol. The Morgan fingerprint density at radius 2 is 1.61 bits per heavy atom. The van der Waals surface area contributed by atoms with Gasteiger partial charge in [-0.3, -0.25) is 9.59 Å². The van der Waals surface area contributed by atoms with Gasteiger partial charge in [0.15, 0.2) is 0 Å². The van der Waals surface area contributed by atoms with Crippen molar-refractivity contribution >= 4 is 23.5 Å². The maximum Gasteiger partial charge on any atom is 0.337 e. The van der Waals surface area contributed by atoms with Gasteiger partial charge in [0, 0.05) is 0 Å². The number of hydrogen-bond donors (Lipinski definition) is 0. The zero-order chi connectivity index (χ0) is 16.7. The number of carbonyl (C=O) groups excluding carboxylic acids is 3. The van der Waals surface area contributed by atoms with Crippen molar-refractivity contribution in [2.24, 2.45) is 0 Å². The van der Waals surface area contributed by atoms with Crippen LogP contribution >= 0.6 is 0 Å². The van der Waals surface area contributed by atoms with Crippen LogP contribution in [-0.2, 0) is 4.74 Å². The highest BCUT2D eigenvalue weighted by atomic mass is 16.5. The first-order valence-corrected chi connectivity index (χ1v) is 7.12. The molecule has 3 rings (SSSR count). The summed E-state index contributed by atoms with van der Waals surface area (Å²) in [4.78, 5) is 37.9. The molecule has 1 heterocycles. The van der Waals surface area contributed by atoms with E-state index in [0.717, 1.165) is 16.0 Å². The second kappa shape index (κ2) is 5.35. The summed E-state index contributed by atoms with van der Waals surface area (Å²) in [6, 6.07) is 9.79. The number of benzene rings is 2. The van der Waals surface area contributed by atoms with Gasteiger partial charge in [-0.25, -0.2) is 9.69 Å². The number of rotatable bonds is 2. The van der Waals surface area contributed by atoms with Crippen LogP contribution < -0.4 is 4.90 Å². The van der Waals surface area contributed by atoms with Crippen LogP contribution in [0.2, 0.25) is 0 Å². The fraction of sp³-hybridized carbons (Fsp3) is 0.167. The Morgan fingerprint density at radius 1 is 0.913 bits per heavy atom. The number of nitrogens with zero attached hydrogens (tertiary/aromatic N) is 1. The molecule has 116 valence electrons. The molecule has 0 aromatic heterocycles. The number of ether oxygens (including phenoxy) is 1. The van der Waals surface area contributed by atoms with E-state index < -0.39 is 11.9 Å². The summed E-state index contributed by atoms with van der Waals surface area (Å²) in [5.41, 5.74) is 3.36. The standard InChI is InChI=1S/C18H15NO4/c1-10-4-6-13(8-11(10)2)19-16(20)14-7-5-12(18(22)23-3)9-15(14)17(19)21/h4-9H,1-3H3. The molecule has 0 aliphatic carbocycles. The van der Waals surface area contributed by atoms with Crippen LogP contribution in [0.1, 0.15) is 42.2 Å². The second-order valence-electron chi connectivity index (χ2n) is 5.47. The van der Waals surface area contributed by atoms with E-state index in [2.05, 4.69) is 4.74 Å². The molecular weight excluding hydrogens is 294 g/mol. The van der Waals surface area contributed by atoms with Crippen molar-refractivity contribution in [2.75, 3.05) is 12.0 Å². The highest BCUT2D eigenvalue weighted by Crippen LogP contribution is 2.30. The first-order chi connectivity index (χ1) is 10.9. The number of aryl methyl sites for hydroxylation is 2. The highest BCUT2D eigenvalue weighted by molar-refractivity contribution is 6.34. The van der Waals surface area contributed by atoms with Gasteiger partial charge in [0.25, 0.3) is 11.8 Å². The minimum atomic E-state index is -0.544. The first-order valence-electron chi connectivity index (χ1n) is 7.12. The summed E-state index contributed by atoms with van der Waals surface area (Å²) >= 11 is 0. The van der Waals surface area contributed by atoms with Crippen LogP contribution in [-0.4, -0.2) is 24.9 Å². The minimum absolute atomic E-state index is 0.219. The van der Waals surface area contributed by atoms with Crippen LogP contribution in [0, 0.1) is 13.8 Å². The second-order valence-corrected chi connectivity index (χ2v) is 5.47. The van der Waals surface area contributed by atoms with Crippen molar-refractivity contribution in [2.45, 2.75) is 13.8 Å². The number of carbonyl (C=O) groups is 3. The topological polar surface area (TPSA) is 63.7 Å². The predicted molar refractivity (Wildman–Crippen MR) is 84.8 cm³/mol. The molecule has 0 radical (unpaired) electrons. The lowest BCUT2D eigenvalue weighted by atomic mass is 10.1. The number of anilines is 1. The summed E-state index contributed by atoms with van der Waals surface area (Å²) in [6.45, 7) is 3.89. The molecule has 2 aromatic carbocycles. The third kappa shape index (κ3) is 2.30. The first kappa shape index (κ1) is 15.0. The van der Waals surface area contributed by atoms with Gasteiger partial charge in [-0.05, 0) is 55.3 Å². The Hall–Kier alpha value is -2.95. The highest BCUT2D eigenvalue weighted by Gasteiger charge is 2.37. The van der Waals surface area contributed by atoms with Gasteiger partial charge in [-0.15, -0.1) is 0 Å². The lowest BCUT2D eigenvalue weighted by Crippen LogP contribution is -2.29. The molecule has 0 fully saturated rings. The zero-order valence-corrected chi connectivity index (χ0v) is 13.0. The van der Waals surface area contributed by atoms with Crippen molar-refractivity contribution in [1.29, 1.82) is 0 Å². The number of methoxy groups -OCH3 is 1. The molecule has 1 aliphatic heterocycles. The number of fused-ring (bicyclic) bond motifs is 1. The molecule has 0 saturated heterocycles. The Kier molecular flexibility index (Phi) is 3.48. The van der Waals surface area contributed by atoms with E-state index in [1.165, 1.54) is 25.3 Å². The van der Waals surface area contributed by atoms with Gasteiger partial charge in [0.05, 0.1) is 29.5 Å². The fourth-order valence-corrected chi connectivity index (χ4v) is 2.58. The van der Waals surface area contributed by atoms with Gasteiger partial charge in [0.1, 0.15) is 0 Å². The van der Waals surface area contributed by atoms with E-state index in [-0.39, 0.29) is 17.0 Å². The molecule has 0 bridgehead atoms. The van der Waals surface area contributed by atoms with Crippen LogP contribution in [0.25, 0.3) is 0 Å². The molecule has 0 unspecified atom stereocenters. The third-order valence-corrected chi connectivity index (χ3v) is 4.06. The maximum absolute atomic E-state index is 12.6. The predicted octanol–water partition coefficient (Wildman–Crippen LogP) is 2.89. The van der Waals surface area contributed by atoms with Gasteiger partial charge in [-0.2, -0.15) is 0 Å². The summed E-state index contributed by atoms with van der Waals surface area (Å²) in [5.74, 6) is -1.36. The normalized spacial score (nSPS) is 13.3. The molecule has 1 aliphatic rings. The number of hydrogen-bond acceptors (Lipinski definition) is 4. The molecule has 2 aromatic rings. The van der Waals surface area contributed by atoms with Gasteiger partial charge in [0.2, 0.25) is 0 Å². The smallest absolute Gasteiger partial charge is 0.337 e. The van der Waals surface area contributed by atoms with Crippen molar-refractivity contribution in [3.05, 3.63) is 64.2 Å². The van der Waals surface area contributed by atoms with Crippen molar-refractivity contribution < 1.29 is 19.1 Å². The van der Waals surface area contributed by atoms with E-state index in [4.69, 9.17) is 0 Å². The molecule has 23 heavy (non-hydrogen) atoms. The Bertz CT molecular complexity index is 854. The lowest BCUT2D eigenvalue weighted by Gasteiger charge is -2.15. The van der Waals surface area contributed by atoms with Crippen LogP contribution in [0.5, 0.6) is 0 Å². The largest absolute Gasteiger partial charge is 0.465 e. The Morgan fingerprint density at radius 3 is 2.26 bits per heavy atom. The van der Waals surface area contributed by atoms with E-state index in [1.807, 2.05) is 19.9 Å². The number of esters is 1. The number of amides is 2. The molecular formula is C18H15NO4. The summed E-state index contributed by atoms with van der Waals surface area (Å²) in [5, 5.41) is 0. The zero-order valence-electron chi connectivity index (χ0n) is 13.0. The maximum atomic E-state index is 12.6. The van der Waals surface area contributed by atoms with E-state index in [1.54, 1.807) is 12.1 Å². The summed E-state index contributed by atoms with van der Waals surface area (Å²) in [7, 11) is 1.27. The summed E-state index contributed by atoms with van der Waals surface area (Å²) in [6.07, 6.45) is 0. The average molecular weight is 309 g/mol.